The van der Waals surface area contributed by atoms with Crippen molar-refractivity contribution in [1.29, 1.82) is 0 Å². The van der Waals surface area contributed by atoms with Gasteiger partial charge in [0, 0.05) is 44.8 Å². The number of ether oxygens (including phenoxy) is 2. The summed E-state index contributed by atoms with van der Waals surface area (Å²) in [4.78, 5) is 65.8. The summed E-state index contributed by atoms with van der Waals surface area (Å²) in [6, 6.07) is 0. The largest absolute Gasteiger partial charge is 0.786 e. The van der Waals surface area contributed by atoms with Crippen molar-refractivity contribution in [2.75, 3.05) is 32.8 Å². The van der Waals surface area contributed by atoms with E-state index >= 15 is 0 Å². The Kier molecular flexibility index (Phi) is 14.8. The second-order valence-electron chi connectivity index (χ2n) is 10.4. The SMILES string of the molecule is CC[NH+](CC)CC.Cc1cn([C@H]2C[C@H](OP([O-])OC[C@H]3O[C@@H](n4cc(C)c(=O)[nH]c4=O)C[C@@H]3O)[C@@H](CO)O2)c(=O)[nH]c1=O.[B]. The lowest BCUT2D eigenvalue weighted by Crippen LogP contribution is -3.11. The topological polar surface area (TPSA) is 215 Å². The monoisotopic (exact) mass is 642 g/mol. The summed E-state index contributed by atoms with van der Waals surface area (Å²) < 4.78 is 24.2. The number of aromatic amines is 2. The van der Waals surface area contributed by atoms with Crippen LogP contribution < -0.4 is 32.3 Å². The molecule has 245 valence electrons. The summed E-state index contributed by atoms with van der Waals surface area (Å²) in [6.07, 6.45) is -2.80. The predicted octanol–water partition coefficient (Wildman–Crippen LogP) is -2.83. The Morgan fingerprint density at radius 2 is 1.41 bits per heavy atom. The van der Waals surface area contributed by atoms with Crippen LogP contribution in [0.5, 0.6) is 0 Å². The van der Waals surface area contributed by atoms with Crippen LogP contribution in [-0.2, 0) is 18.5 Å². The maximum atomic E-state index is 12.4. The number of aryl methyl sites for hydroxylation is 2. The van der Waals surface area contributed by atoms with Crippen LogP contribution >= 0.6 is 8.60 Å². The molecule has 0 amide bonds. The third-order valence-electron chi connectivity index (χ3n) is 7.54. The van der Waals surface area contributed by atoms with Gasteiger partial charge in [0.05, 0.1) is 53.7 Å². The van der Waals surface area contributed by atoms with Crippen molar-refractivity contribution in [3.63, 3.8) is 0 Å². The first-order chi connectivity index (χ1) is 20.4. The Balaban J connectivity index is 0.000000756. The molecule has 2 saturated heterocycles. The van der Waals surface area contributed by atoms with Gasteiger partial charge in [-0.2, -0.15) is 0 Å². The number of quaternary nitrogens is 1. The fourth-order valence-electron chi connectivity index (χ4n) is 4.81. The smallest absolute Gasteiger partial charge is 0.330 e. The number of hydrogen-bond donors (Lipinski definition) is 5. The molecule has 0 saturated carbocycles. The zero-order valence-corrected chi connectivity index (χ0v) is 26.5. The molecular weight excluding hydrogens is 600 g/mol. The molecule has 2 aliphatic rings. The Bertz CT molecular complexity index is 1420. The van der Waals surface area contributed by atoms with E-state index in [2.05, 4.69) is 30.7 Å². The minimum absolute atomic E-state index is 0. The van der Waals surface area contributed by atoms with Crippen LogP contribution in [-0.4, -0.2) is 95.0 Å². The van der Waals surface area contributed by atoms with Crippen LogP contribution in [0.4, 0.5) is 0 Å². The van der Waals surface area contributed by atoms with Gasteiger partial charge in [-0.05, 0) is 34.6 Å². The second-order valence-corrected chi connectivity index (χ2v) is 11.3. The van der Waals surface area contributed by atoms with Crippen molar-refractivity contribution in [3.05, 3.63) is 65.2 Å². The molecular formula is C26H42BN5O11P. The summed E-state index contributed by atoms with van der Waals surface area (Å²) in [7, 11) is -2.74. The van der Waals surface area contributed by atoms with Gasteiger partial charge in [0.25, 0.3) is 11.1 Å². The molecule has 18 heteroatoms. The molecule has 2 aromatic heterocycles. The standard InChI is InChI=1S/C20H26N4O11P.C6H15N.B/c1-9-5-23(19(29)21-17(9)27)15-3-11(26)14(34-15)8-32-36(31)35-12-4-16(33-13(12)7-25)24-6-10(2)18(28)22-20(24)30;1-4-7(5-2)6-3;/h5-6,11-16,25-26H,3-4,7-8H2,1-2H3,(H,21,27,29)(H,22,28,30);4-6H2,1-3H3;/q-1;;/p+1/t11-,12-,13+,14+,15+,16+,36?;;/m0../s1. The minimum atomic E-state index is -2.74. The quantitative estimate of drug-likeness (QED) is 0.124. The van der Waals surface area contributed by atoms with Crippen LogP contribution in [0.3, 0.4) is 0 Å². The molecule has 0 aliphatic carbocycles. The third kappa shape index (κ3) is 9.52. The van der Waals surface area contributed by atoms with Gasteiger partial charge < -0.3 is 38.5 Å². The lowest BCUT2D eigenvalue weighted by Gasteiger charge is -2.28. The van der Waals surface area contributed by atoms with E-state index in [9.17, 15) is 34.3 Å². The van der Waals surface area contributed by atoms with Gasteiger partial charge in [-0.15, -0.1) is 0 Å². The van der Waals surface area contributed by atoms with E-state index in [1.807, 2.05) is 0 Å². The Morgan fingerprint density at radius 1 is 0.932 bits per heavy atom. The number of aliphatic hydroxyl groups excluding tert-OH is 2. The van der Waals surface area contributed by atoms with Crippen LogP contribution in [0.2, 0.25) is 0 Å². The van der Waals surface area contributed by atoms with Crippen LogP contribution in [0, 0.1) is 13.8 Å². The molecule has 2 aromatic rings. The first-order valence-corrected chi connectivity index (χ1v) is 15.4. The highest BCUT2D eigenvalue weighted by molar-refractivity contribution is 7.39. The first-order valence-electron chi connectivity index (χ1n) is 14.3. The number of hydrogen-bond acceptors (Lipinski definition) is 11. The van der Waals surface area contributed by atoms with Gasteiger partial charge in [-0.3, -0.25) is 28.7 Å². The van der Waals surface area contributed by atoms with E-state index in [0.29, 0.717) is 5.56 Å². The summed E-state index contributed by atoms with van der Waals surface area (Å²) >= 11 is 0. The van der Waals surface area contributed by atoms with Crippen molar-refractivity contribution in [1.82, 2.24) is 19.1 Å². The number of aliphatic hydroxyl groups is 2. The lowest BCUT2D eigenvalue weighted by atomic mass is 10.2. The fourth-order valence-corrected chi connectivity index (χ4v) is 5.58. The van der Waals surface area contributed by atoms with Gasteiger partial charge >= 0.3 is 11.4 Å². The third-order valence-corrected chi connectivity index (χ3v) is 8.35. The minimum Gasteiger partial charge on any atom is -0.786 e. The average Bonchev–Trinajstić information content (AvgIpc) is 3.55. The molecule has 0 aromatic carbocycles. The van der Waals surface area contributed by atoms with Crippen molar-refractivity contribution >= 4 is 17.0 Å². The van der Waals surface area contributed by atoms with E-state index in [0.717, 1.165) is 9.13 Å². The number of H-pyrrole nitrogens is 2. The Morgan fingerprint density at radius 3 is 1.86 bits per heavy atom. The molecule has 0 bridgehead atoms. The van der Waals surface area contributed by atoms with E-state index in [1.165, 1.54) is 45.9 Å². The molecule has 0 spiro atoms. The molecule has 1 unspecified atom stereocenters. The molecule has 2 fully saturated rings. The fraction of sp³-hybridized carbons (Fsp3) is 0.692. The van der Waals surface area contributed by atoms with Gasteiger partial charge in [0.1, 0.15) is 24.7 Å². The van der Waals surface area contributed by atoms with Crippen LogP contribution in [0.15, 0.2) is 31.6 Å². The highest BCUT2D eigenvalue weighted by Crippen LogP contribution is 2.39. The molecule has 5 N–H and O–H groups in total. The molecule has 7 atom stereocenters. The molecule has 16 nitrogen and oxygen atoms in total. The highest BCUT2D eigenvalue weighted by Gasteiger charge is 2.39. The zero-order chi connectivity index (χ0) is 31.8. The van der Waals surface area contributed by atoms with Crippen LogP contribution in [0.1, 0.15) is 57.2 Å². The van der Waals surface area contributed by atoms with E-state index < -0.39 is 74.6 Å². The van der Waals surface area contributed by atoms with Crippen molar-refractivity contribution in [2.24, 2.45) is 0 Å². The molecule has 3 radical (unpaired) electrons. The van der Waals surface area contributed by atoms with E-state index in [1.54, 1.807) is 4.90 Å². The zero-order valence-electron chi connectivity index (χ0n) is 25.6. The maximum Gasteiger partial charge on any atom is 0.330 e. The molecule has 4 rings (SSSR count). The Hall–Kier alpha value is -2.47. The highest BCUT2D eigenvalue weighted by atomic mass is 31.2. The van der Waals surface area contributed by atoms with E-state index in [4.69, 9.17) is 18.5 Å². The summed E-state index contributed by atoms with van der Waals surface area (Å²) in [5.74, 6) is 0. The van der Waals surface area contributed by atoms with Gasteiger partial charge in [-0.1, -0.05) is 0 Å². The van der Waals surface area contributed by atoms with Crippen molar-refractivity contribution in [3.8, 4) is 0 Å². The molecule has 2 aliphatic heterocycles. The summed E-state index contributed by atoms with van der Waals surface area (Å²) in [5, 5.41) is 19.9. The first kappa shape index (κ1) is 37.7. The number of aromatic nitrogens is 4. The van der Waals surface area contributed by atoms with Gasteiger partial charge in [-0.25, -0.2) is 9.59 Å². The van der Waals surface area contributed by atoms with Crippen molar-refractivity contribution in [2.45, 2.75) is 84.3 Å². The molecule has 44 heavy (non-hydrogen) atoms. The lowest BCUT2D eigenvalue weighted by molar-refractivity contribution is -0.894. The molecule has 4 heterocycles. The normalized spacial score (nSPS) is 25.4. The van der Waals surface area contributed by atoms with E-state index in [-0.39, 0.29) is 33.4 Å². The van der Waals surface area contributed by atoms with Crippen LogP contribution in [0.25, 0.3) is 0 Å². The average molecular weight is 642 g/mol. The van der Waals surface area contributed by atoms with Gasteiger partial charge in [0.15, 0.2) is 0 Å². The second kappa shape index (κ2) is 17.3. The predicted molar refractivity (Wildman–Crippen MR) is 158 cm³/mol. The number of nitrogens with zero attached hydrogens (tertiary/aromatic N) is 2. The number of rotatable bonds is 11. The van der Waals surface area contributed by atoms with Crippen molar-refractivity contribution < 1.29 is 38.5 Å². The summed E-state index contributed by atoms with van der Waals surface area (Å²) in [6.45, 7) is 12.7. The Labute approximate surface area is 257 Å². The maximum absolute atomic E-state index is 12.4. The van der Waals surface area contributed by atoms with Gasteiger partial charge in [0.2, 0.25) is 0 Å². The number of nitrogens with one attached hydrogen (secondary N) is 3. The summed E-state index contributed by atoms with van der Waals surface area (Å²) in [5.41, 5.74) is -1.88.